The van der Waals surface area contributed by atoms with E-state index < -0.39 is 0 Å². The lowest BCUT2D eigenvalue weighted by Gasteiger charge is -2.25. The van der Waals surface area contributed by atoms with Gasteiger partial charge in [0.15, 0.2) is 0 Å². The molecule has 0 heterocycles. The minimum atomic E-state index is 0.745. The molecule has 2 unspecified atom stereocenters. The van der Waals surface area contributed by atoms with Crippen LogP contribution in [-0.2, 0) is 0 Å². The molecule has 3 nitrogen and oxygen atoms in total. The van der Waals surface area contributed by atoms with Crippen molar-refractivity contribution in [3.63, 3.8) is 0 Å². The van der Waals surface area contributed by atoms with Gasteiger partial charge in [-0.3, -0.25) is 0 Å². The molecule has 118 valence electrons. The predicted octanol–water partition coefficient (Wildman–Crippen LogP) is 3.69. The minimum Gasteiger partial charge on any atom is -0.497 e. The Morgan fingerprint density at radius 1 is 1.24 bits per heavy atom. The first-order valence-electron chi connectivity index (χ1n) is 8.33. The van der Waals surface area contributed by atoms with Crippen LogP contribution in [0.25, 0.3) is 0 Å². The number of nitrogens with zero attached hydrogens (tertiary/aromatic N) is 1. The summed E-state index contributed by atoms with van der Waals surface area (Å²) in [5.74, 6) is 1.77. The van der Waals surface area contributed by atoms with Gasteiger partial charge in [-0.2, -0.15) is 0 Å². The van der Waals surface area contributed by atoms with Crippen LogP contribution in [0.4, 0.5) is 5.69 Å². The Labute approximate surface area is 129 Å². The molecule has 0 radical (unpaired) electrons. The van der Waals surface area contributed by atoms with E-state index >= 15 is 0 Å². The second-order valence-corrected chi connectivity index (χ2v) is 6.16. The molecular formula is C18H30N2O. The highest BCUT2D eigenvalue weighted by Crippen LogP contribution is 2.29. The van der Waals surface area contributed by atoms with Gasteiger partial charge in [-0.25, -0.2) is 0 Å². The maximum absolute atomic E-state index is 5.21. The van der Waals surface area contributed by atoms with Crippen LogP contribution in [0.5, 0.6) is 5.75 Å². The molecule has 21 heavy (non-hydrogen) atoms. The first-order valence-corrected chi connectivity index (χ1v) is 8.33. The fourth-order valence-corrected chi connectivity index (χ4v) is 3.31. The molecule has 1 aromatic rings. The second-order valence-electron chi connectivity index (χ2n) is 6.16. The SMILES string of the molecule is CCCNC1CCCC1CCN(C)c1ccc(OC)cc1. The summed E-state index contributed by atoms with van der Waals surface area (Å²) in [5.41, 5.74) is 1.27. The van der Waals surface area contributed by atoms with Crippen molar-refractivity contribution in [2.24, 2.45) is 5.92 Å². The second kappa shape index (κ2) is 8.28. The number of hydrogen-bond donors (Lipinski definition) is 1. The van der Waals surface area contributed by atoms with Crippen molar-refractivity contribution in [3.05, 3.63) is 24.3 Å². The number of nitrogens with one attached hydrogen (secondary N) is 1. The quantitative estimate of drug-likeness (QED) is 0.790. The van der Waals surface area contributed by atoms with E-state index in [0.29, 0.717) is 0 Å². The predicted molar refractivity (Wildman–Crippen MR) is 90.3 cm³/mol. The number of ether oxygens (including phenoxy) is 1. The van der Waals surface area contributed by atoms with Gasteiger partial charge in [-0.15, -0.1) is 0 Å². The van der Waals surface area contributed by atoms with Crippen molar-refractivity contribution in [2.75, 3.05) is 32.1 Å². The van der Waals surface area contributed by atoms with Gasteiger partial charge < -0.3 is 15.0 Å². The molecule has 0 spiro atoms. The monoisotopic (exact) mass is 290 g/mol. The summed E-state index contributed by atoms with van der Waals surface area (Å²) in [6, 6.07) is 9.09. The van der Waals surface area contributed by atoms with Crippen LogP contribution in [0, 0.1) is 5.92 Å². The molecule has 1 N–H and O–H groups in total. The highest BCUT2D eigenvalue weighted by molar-refractivity contribution is 5.48. The zero-order valence-electron chi connectivity index (χ0n) is 13.8. The van der Waals surface area contributed by atoms with Crippen LogP contribution in [-0.4, -0.2) is 33.3 Å². The molecule has 1 fully saturated rings. The van der Waals surface area contributed by atoms with Crippen LogP contribution in [0.2, 0.25) is 0 Å². The first kappa shape index (κ1) is 16.2. The summed E-state index contributed by atoms with van der Waals surface area (Å²) in [5, 5.41) is 3.72. The molecule has 1 aliphatic rings. The molecule has 2 atom stereocenters. The molecule has 0 amide bonds. The summed E-state index contributed by atoms with van der Waals surface area (Å²) in [6.07, 6.45) is 6.64. The molecule has 3 heteroatoms. The van der Waals surface area contributed by atoms with E-state index in [9.17, 15) is 0 Å². The van der Waals surface area contributed by atoms with Crippen LogP contribution in [0.1, 0.15) is 39.0 Å². The molecule has 1 aliphatic carbocycles. The Morgan fingerprint density at radius 2 is 2.00 bits per heavy atom. The van der Waals surface area contributed by atoms with Gasteiger partial charge in [0.2, 0.25) is 0 Å². The topological polar surface area (TPSA) is 24.5 Å². The number of hydrogen-bond acceptors (Lipinski definition) is 3. The van der Waals surface area contributed by atoms with Crippen molar-refractivity contribution < 1.29 is 4.74 Å². The van der Waals surface area contributed by atoms with Crippen molar-refractivity contribution in [3.8, 4) is 5.75 Å². The summed E-state index contributed by atoms with van der Waals surface area (Å²) >= 11 is 0. The Balaban J connectivity index is 1.80. The largest absolute Gasteiger partial charge is 0.497 e. The van der Waals surface area contributed by atoms with Crippen molar-refractivity contribution in [2.45, 2.75) is 45.1 Å². The molecule has 0 aliphatic heterocycles. The van der Waals surface area contributed by atoms with Gasteiger partial charge in [0.05, 0.1) is 7.11 Å². The van der Waals surface area contributed by atoms with Gasteiger partial charge in [0.25, 0.3) is 0 Å². The third kappa shape index (κ3) is 4.63. The Hall–Kier alpha value is -1.22. The lowest BCUT2D eigenvalue weighted by atomic mass is 9.99. The Kier molecular flexibility index (Phi) is 6.37. The standard InChI is InChI=1S/C18H30N2O/c1-4-13-19-18-7-5-6-15(18)12-14-20(2)16-8-10-17(21-3)11-9-16/h8-11,15,18-19H,4-7,12-14H2,1-3H3. The smallest absolute Gasteiger partial charge is 0.119 e. The van der Waals surface area contributed by atoms with E-state index in [4.69, 9.17) is 4.74 Å². The highest BCUT2D eigenvalue weighted by atomic mass is 16.5. The maximum atomic E-state index is 5.21. The maximum Gasteiger partial charge on any atom is 0.119 e. The van der Waals surface area contributed by atoms with E-state index in [1.807, 2.05) is 12.1 Å². The molecule has 0 saturated heterocycles. The van der Waals surface area contributed by atoms with Crippen molar-refractivity contribution in [1.29, 1.82) is 0 Å². The molecule has 1 aromatic carbocycles. The first-order chi connectivity index (χ1) is 10.2. The number of anilines is 1. The summed E-state index contributed by atoms with van der Waals surface area (Å²) < 4.78 is 5.21. The summed E-state index contributed by atoms with van der Waals surface area (Å²) in [7, 11) is 3.90. The van der Waals surface area contributed by atoms with Gasteiger partial charge >= 0.3 is 0 Å². The number of methoxy groups -OCH3 is 1. The fraction of sp³-hybridized carbons (Fsp3) is 0.667. The third-order valence-electron chi connectivity index (χ3n) is 4.66. The van der Waals surface area contributed by atoms with E-state index in [2.05, 4.69) is 36.3 Å². The molecule has 0 aromatic heterocycles. The van der Waals surface area contributed by atoms with Gasteiger partial charge in [0.1, 0.15) is 5.75 Å². The van der Waals surface area contributed by atoms with Crippen LogP contribution >= 0.6 is 0 Å². The Bertz CT molecular complexity index is 404. The Morgan fingerprint density at radius 3 is 2.67 bits per heavy atom. The third-order valence-corrected chi connectivity index (χ3v) is 4.66. The van der Waals surface area contributed by atoms with Gasteiger partial charge in [-0.1, -0.05) is 13.3 Å². The fourth-order valence-electron chi connectivity index (χ4n) is 3.31. The minimum absolute atomic E-state index is 0.745. The van der Waals surface area contributed by atoms with Crippen LogP contribution < -0.4 is 15.0 Å². The average molecular weight is 290 g/mol. The normalized spacial score (nSPS) is 21.5. The lowest BCUT2D eigenvalue weighted by Crippen LogP contribution is -2.34. The molecular weight excluding hydrogens is 260 g/mol. The molecule has 1 saturated carbocycles. The van der Waals surface area contributed by atoms with Crippen molar-refractivity contribution >= 4 is 5.69 Å². The highest BCUT2D eigenvalue weighted by Gasteiger charge is 2.26. The van der Waals surface area contributed by atoms with Crippen LogP contribution in [0.15, 0.2) is 24.3 Å². The zero-order valence-corrected chi connectivity index (χ0v) is 13.8. The van der Waals surface area contributed by atoms with Gasteiger partial charge in [-0.05, 0) is 62.4 Å². The van der Waals surface area contributed by atoms with Gasteiger partial charge in [0, 0.05) is 25.3 Å². The lowest BCUT2D eigenvalue weighted by molar-refractivity contribution is 0.382. The van der Waals surface area contributed by atoms with E-state index in [0.717, 1.165) is 30.8 Å². The van der Waals surface area contributed by atoms with Crippen LogP contribution in [0.3, 0.4) is 0 Å². The average Bonchev–Trinajstić information content (AvgIpc) is 2.98. The number of benzene rings is 1. The summed E-state index contributed by atoms with van der Waals surface area (Å²) in [6.45, 7) is 4.53. The van der Waals surface area contributed by atoms with E-state index in [-0.39, 0.29) is 0 Å². The molecule has 0 bridgehead atoms. The molecule has 2 rings (SSSR count). The van der Waals surface area contributed by atoms with Crippen molar-refractivity contribution in [1.82, 2.24) is 5.32 Å². The number of rotatable bonds is 8. The zero-order chi connectivity index (χ0) is 15.1. The summed E-state index contributed by atoms with van der Waals surface area (Å²) in [4.78, 5) is 2.36. The van der Waals surface area contributed by atoms with E-state index in [1.54, 1.807) is 7.11 Å². The van der Waals surface area contributed by atoms with E-state index in [1.165, 1.54) is 37.8 Å².